The van der Waals surface area contributed by atoms with Crippen LogP contribution in [0.15, 0.2) is 36.5 Å². The fraction of sp³-hybridized carbons (Fsp3) is 0.200. The highest BCUT2D eigenvalue weighted by Gasteiger charge is 2.13. The number of benzene rings is 2. The van der Waals surface area contributed by atoms with E-state index in [-0.39, 0.29) is 0 Å². The molecule has 0 spiro atoms. The Kier molecular flexibility index (Phi) is 5.03. The largest absolute Gasteiger partial charge is 0.493 e. The van der Waals surface area contributed by atoms with Crippen molar-refractivity contribution in [2.24, 2.45) is 0 Å². The molecule has 3 rings (SSSR count). The number of rotatable bonds is 5. The zero-order valence-corrected chi connectivity index (χ0v) is 15.5. The third-order valence-electron chi connectivity index (χ3n) is 4.19. The molecule has 0 atom stereocenters. The molecule has 7 nitrogen and oxygen atoms in total. The van der Waals surface area contributed by atoms with Crippen LogP contribution >= 0.6 is 0 Å². The van der Waals surface area contributed by atoms with Crippen LogP contribution in [-0.2, 0) is 0 Å². The molecule has 0 bridgehead atoms. The Labute approximate surface area is 156 Å². The predicted octanol–water partition coefficient (Wildman–Crippen LogP) is 4.75. The summed E-state index contributed by atoms with van der Waals surface area (Å²) in [5.41, 5.74) is 2.80. The summed E-state index contributed by atoms with van der Waals surface area (Å²) in [6.45, 7) is 3.67. The third kappa shape index (κ3) is 3.72. The molecule has 2 N–H and O–H groups in total. The maximum absolute atomic E-state index is 10.9. The lowest BCUT2D eigenvalue weighted by Crippen LogP contribution is -2.08. The van der Waals surface area contributed by atoms with Crippen molar-refractivity contribution in [3.05, 3.63) is 47.7 Å². The number of aryl methyl sites for hydroxylation is 2. The molecule has 3 aromatic rings. The van der Waals surface area contributed by atoms with Gasteiger partial charge in [-0.15, -0.1) is 0 Å². The summed E-state index contributed by atoms with van der Waals surface area (Å²) in [5.74, 6) is 2.41. The molecule has 0 saturated carbocycles. The number of fused-ring (bicyclic) bond motifs is 1. The van der Waals surface area contributed by atoms with Crippen molar-refractivity contribution in [2.75, 3.05) is 19.5 Å². The van der Waals surface area contributed by atoms with Crippen LogP contribution in [0, 0.1) is 13.8 Å². The van der Waals surface area contributed by atoms with E-state index < -0.39 is 6.09 Å². The molecular weight excluding hydrogens is 348 g/mol. The molecule has 0 radical (unpaired) electrons. The first-order chi connectivity index (χ1) is 12.9. The number of amides is 1. The minimum Gasteiger partial charge on any atom is -0.493 e. The number of pyridine rings is 1. The third-order valence-corrected chi connectivity index (χ3v) is 4.19. The van der Waals surface area contributed by atoms with Crippen molar-refractivity contribution in [1.82, 2.24) is 4.98 Å². The number of aromatic nitrogens is 1. The standard InChI is InChI=1S/C20H20N2O5/c1-11-8-17(12(2)7-14(11)22-20(23)24)27-16-5-6-21-15-10-19(26-4)18(25-3)9-13(15)16/h5-10,22H,1-4H3,(H,23,24). The Bertz CT molecular complexity index is 1020. The first-order valence-electron chi connectivity index (χ1n) is 8.22. The van der Waals surface area contributed by atoms with E-state index in [0.29, 0.717) is 34.2 Å². The molecule has 1 heterocycles. The first-order valence-corrected chi connectivity index (χ1v) is 8.22. The zero-order chi connectivity index (χ0) is 19.6. The fourth-order valence-electron chi connectivity index (χ4n) is 2.80. The van der Waals surface area contributed by atoms with Gasteiger partial charge in [0.05, 0.1) is 19.7 Å². The lowest BCUT2D eigenvalue weighted by atomic mass is 10.1. The maximum Gasteiger partial charge on any atom is 0.409 e. The van der Waals surface area contributed by atoms with Gasteiger partial charge in [-0.25, -0.2) is 4.79 Å². The van der Waals surface area contributed by atoms with E-state index in [2.05, 4.69) is 10.3 Å². The molecule has 1 amide bonds. The quantitative estimate of drug-likeness (QED) is 0.675. The molecule has 0 unspecified atom stereocenters. The van der Waals surface area contributed by atoms with Crippen molar-refractivity contribution in [1.29, 1.82) is 0 Å². The van der Waals surface area contributed by atoms with Gasteiger partial charge >= 0.3 is 6.09 Å². The molecule has 2 aromatic carbocycles. The lowest BCUT2D eigenvalue weighted by molar-refractivity contribution is 0.209. The first kappa shape index (κ1) is 18.3. The van der Waals surface area contributed by atoms with Crippen molar-refractivity contribution >= 4 is 22.7 Å². The molecule has 0 aliphatic rings. The molecule has 0 fully saturated rings. The molecule has 140 valence electrons. The number of carboxylic acid groups (broad SMARTS) is 1. The Hall–Kier alpha value is -3.48. The van der Waals surface area contributed by atoms with Gasteiger partial charge < -0.3 is 19.3 Å². The summed E-state index contributed by atoms with van der Waals surface area (Å²) in [7, 11) is 3.14. The average Bonchev–Trinajstić information content (AvgIpc) is 2.64. The Morgan fingerprint density at radius 1 is 0.963 bits per heavy atom. The fourth-order valence-corrected chi connectivity index (χ4v) is 2.80. The number of hydrogen-bond donors (Lipinski definition) is 2. The maximum atomic E-state index is 10.9. The van der Waals surface area contributed by atoms with Gasteiger partial charge in [-0.2, -0.15) is 0 Å². The molecule has 0 saturated heterocycles. The van der Waals surface area contributed by atoms with Crippen LogP contribution in [0.5, 0.6) is 23.0 Å². The van der Waals surface area contributed by atoms with E-state index in [0.717, 1.165) is 16.5 Å². The number of methoxy groups -OCH3 is 2. The zero-order valence-electron chi connectivity index (χ0n) is 15.5. The molecular formula is C20H20N2O5. The summed E-state index contributed by atoms with van der Waals surface area (Å²) in [5, 5.41) is 12.1. The highest BCUT2D eigenvalue weighted by atomic mass is 16.5. The van der Waals surface area contributed by atoms with Gasteiger partial charge in [-0.05, 0) is 49.2 Å². The summed E-state index contributed by atoms with van der Waals surface area (Å²) in [6.07, 6.45) is 0.555. The van der Waals surface area contributed by atoms with E-state index in [4.69, 9.17) is 19.3 Å². The molecule has 1 aromatic heterocycles. The topological polar surface area (TPSA) is 89.9 Å². The summed E-state index contributed by atoms with van der Waals surface area (Å²) in [4.78, 5) is 15.3. The number of carbonyl (C=O) groups is 1. The van der Waals surface area contributed by atoms with Crippen LogP contribution in [0.3, 0.4) is 0 Å². The number of nitrogens with one attached hydrogen (secondary N) is 1. The molecule has 0 aliphatic carbocycles. The summed E-state index contributed by atoms with van der Waals surface area (Å²) in [6, 6.07) is 8.92. The van der Waals surface area contributed by atoms with Crippen LogP contribution in [0.2, 0.25) is 0 Å². The van der Waals surface area contributed by atoms with Crippen LogP contribution in [0.25, 0.3) is 10.9 Å². The van der Waals surface area contributed by atoms with E-state index in [9.17, 15) is 4.79 Å². The van der Waals surface area contributed by atoms with Gasteiger partial charge in [0.25, 0.3) is 0 Å². The van der Waals surface area contributed by atoms with Crippen molar-refractivity contribution in [3.8, 4) is 23.0 Å². The SMILES string of the molecule is COc1cc2nccc(Oc3cc(C)c(NC(=O)O)cc3C)c2cc1OC. The van der Waals surface area contributed by atoms with Gasteiger partial charge in [-0.1, -0.05) is 0 Å². The van der Waals surface area contributed by atoms with E-state index in [1.165, 1.54) is 0 Å². The van der Waals surface area contributed by atoms with Crippen LogP contribution in [-0.4, -0.2) is 30.4 Å². The number of hydrogen-bond acceptors (Lipinski definition) is 5. The molecule has 7 heteroatoms. The van der Waals surface area contributed by atoms with Crippen molar-refractivity contribution < 1.29 is 24.1 Å². The minimum absolute atomic E-state index is 0.526. The van der Waals surface area contributed by atoms with Gasteiger partial charge in [0.1, 0.15) is 11.5 Å². The number of nitrogens with zero attached hydrogens (tertiary/aromatic N) is 1. The van der Waals surface area contributed by atoms with Crippen LogP contribution in [0.1, 0.15) is 11.1 Å². The smallest absolute Gasteiger partial charge is 0.409 e. The van der Waals surface area contributed by atoms with E-state index in [1.54, 1.807) is 44.7 Å². The second kappa shape index (κ2) is 7.41. The number of anilines is 1. The van der Waals surface area contributed by atoms with Gasteiger partial charge in [0.2, 0.25) is 0 Å². The Morgan fingerprint density at radius 2 is 1.67 bits per heavy atom. The van der Waals surface area contributed by atoms with Gasteiger partial charge in [0, 0.05) is 23.3 Å². The van der Waals surface area contributed by atoms with Crippen LogP contribution < -0.4 is 19.5 Å². The number of ether oxygens (including phenoxy) is 3. The van der Waals surface area contributed by atoms with Crippen LogP contribution in [0.4, 0.5) is 10.5 Å². The molecule has 27 heavy (non-hydrogen) atoms. The van der Waals surface area contributed by atoms with Gasteiger partial charge in [0.15, 0.2) is 11.5 Å². The Balaban J connectivity index is 2.04. The van der Waals surface area contributed by atoms with Crippen molar-refractivity contribution in [2.45, 2.75) is 13.8 Å². The second-order valence-corrected chi connectivity index (χ2v) is 6.00. The second-order valence-electron chi connectivity index (χ2n) is 6.00. The Morgan fingerprint density at radius 3 is 2.33 bits per heavy atom. The van der Waals surface area contributed by atoms with E-state index >= 15 is 0 Å². The highest BCUT2D eigenvalue weighted by molar-refractivity contribution is 5.88. The van der Waals surface area contributed by atoms with E-state index in [1.807, 2.05) is 19.9 Å². The monoisotopic (exact) mass is 368 g/mol. The average molecular weight is 368 g/mol. The lowest BCUT2D eigenvalue weighted by Gasteiger charge is -2.15. The van der Waals surface area contributed by atoms with Gasteiger partial charge in [-0.3, -0.25) is 10.3 Å². The normalized spacial score (nSPS) is 10.5. The minimum atomic E-state index is -1.10. The summed E-state index contributed by atoms with van der Waals surface area (Å²) < 4.78 is 16.8. The molecule has 0 aliphatic heterocycles. The summed E-state index contributed by atoms with van der Waals surface area (Å²) >= 11 is 0. The van der Waals surface area contributed by atoms with Crippen molar-refractivity contribution in [3.63, 3.8) is 0 Å². The highest BCUT2D eigenvalue weighted by Crippen LogP contribution is 2.38. The predicted molar refractivity (Wildman–Crippen MR) is 102 cm³/mol.